The number of sulfonamides is 1. The van der Waals surface area contributed by atoms with E-state index in [1.165, 1.54) is 29.5 Å². The molecule has 0 unspecified atom stereocenters. The quantitative estimate of drug-likeness (QED) is 0.255. The van der Waals surface area contributed by atoms with Crippen molar-refractivity contribution in [2.24, 2.45) is 0 Å². The molecular weight excluding hydrogens is 539 g/mol. The van der Waals surface area contributed by atoms with Gasteiger partial charge >= 0.3 is 0 Å². The first-order valence-electron chi connectivity index (χ1n) is 11.0. The topological polar surface area (TPSA) is 103 Å². The lowest BCUT2D eigenvalue weighted by molar-refractivity contribution is 0.323. The summed E-state index contributed by atoms with van der Waals surface area (Å²) in [6.07, 6.45) is 1.56. The Bertz CT molecular complexity index is 1740. The molecule has 0 bridgehead atoms. The summed E-state index contributed by atoms with van der Waals surface area (Å²) in [5, 5.41) is 1.12. The molecule has 0 aliphatic rings. The smallest absolute Gasteiger partial charge is 0.243 e. The lowest BCUT2D eigenvalue weighted by atomic mass is 10.1. The number of aromatic nitrogens is 3. The maximum atomic E-state index is 13.8. The second-order valence-corrected chi connectivity index (χ2v) is 11.2. The highest BCUT2D eigenvalue weighted by Gasteiger charge is 2.18. The monoisotopic (exact) mass is 558 g/mol. The molecule has 190 valence electrons. The number of hydrogen-bond acceptors (Lipinski definition) is 8. The Kier molecular flexibility index (Phi) is 6.95. The maximum Gasteiger partial charge on any atom is 0.243 e. The van der Waals surface area contributed by atoms with Crippen molar-refractivity contribution in [3.63, 3.8) is 0 Å². The fourth-order valence-corrected chi connectivity index (χ4v) is 6.19. The molecule has 5 aromatic rings. The van der Waals surface area contributed by atoms with Crippen LogP contribution >= 0.6 is 22.9 Å². The Morgan fingerprint density at radius 3 is 2.70 bits per heavy atom. The van der Waals surface area contributed by atoms with Crippen LogP contribution in [0.15, 0.2) is 59.6 Å². The number of fused-ring (bicyclic) bond motifs is 2. The zero-order valence-corrected chi connectivity index (χ0v) is 22.0. The molecule has 1 N–H and O–H groups in total. The molecule has 5 rings (SSSR count). The van der Waals surface area contributed by atoms with Crippen LogP contribution in [0.2, 0.25) is 5.02 Å². The number of ether oxygens (including phenoxy) is 2. The summed E-state index contributed by atoms with van der Waals surface area (Å²) in [7, 11) is -2.46. The average Bonchev–Trinajstić information content (AvgIpc) is 3.30. The normalized spacial score (nSPS) is 11.8. The van der Waals surface area contributed by atoms with Crippen LogP contribution in [0.25, 0.3) is 31.8 Å². The van der Waals surface area contributed by atoms with Crippen LogP contribution in [0, 0.1) is 12.7 Å². The molecule has 0 saturated carbocycles. The summed E-state index contributed by atoms with van der Waals surface area (Å²) in [6.45, 7) is 1.93. The lowest BCUT2D eigenvalue weighted by Gasteiger charge is -2.09. The fourth-order valence-electron chi connectivity index (χ4n) is 3.76. The summed E-state index contributed by atoms with van der Waals surface area (Å²) < 4.78 is 52.6. The predicted octanol–water partition coefficient (Wildman–Crippen LogP) is 5.37. The Morgan fingerprint density at radius 2 is 1.92 bits per heavy atom. The highest BCUT2D eigenvalue weighted by atomic mass is 35.5. The van der Waals surface area contributed by atoms with Gasteiger partial charge in [-0.1, -0.05) is 23.7 Å². The molecule has 37 heavy (non-hydrogen) atoms. The van der Waals surface area contributed by atoms with Gasteiger partial charge in [0, 0.05) is 18.2 Å². The average molecular weight is 559 g/mol. The van der Waals surface area contributed by atoms with Gasteiger partial charge in [-0.25, -0.2) is 32.5 Å². The Balaban J connectivity index is 1.36. The van der Waals surface area contributed by atoms with Crippen LogP contribution in [0.1, 0.15) is 5.56 Å². The van der Waals surface area contributed by atoms with E-state index in [0.29, 0.717) is 33.2 Å². The van der Waals surface area contributed by atoms with Gasteiger partial charge in [0.05, 0.1) is 34.1 Å². The molecule has 0 spiro atoms. The minimum absolute atomic E-state index is 0.0150. The van der Waals surface area contributed by atoms with Crippen LogP contribution in [0.5, 0.6) is 11.6 Å². The van der Waals surface area contributed by atoms with Crippen molar-refractivity contribution in [2.45, 2.75) is 11.8 Å². The number of nitrogens with zero attached hydrogens (tertiary/aromatic N) is 3. The molecule has 12 heteroatoms. The van der Waals surface area contributed by atoms with Crippen LogP contribution in [-0.2, 0) is 10.0 Å². The number of rotatable bonds is 8. The zero-order valence-electron chi connectivity index (χ0n) is 19.7. The van der Waals surface area contributed by atoms with E-state index < -0.39 is 20.7 Å². The van der Waals surface area contributed by atoms with Gasteiger partial charge in [-0.05, 0) is 42.8 Å². The van der Waals surface area contributed by atoms with E-state index in [9.17, 15) is 12.8 Å². The lowest BCUT2D eigenvalue weighted by Crippen LogP contribution is -2.28. The van der Waals surface area contributed by atoms with Crippen LogP contribution < -0.4 is 14.2 Å². The Hall–Kier alpha value is -3.38. The Labute approximate surface area is 221 Å². The minimum atomic E-state index is -4.00. The second kappa shape index (κ2) is 10.2. The number of aryl methyl sites for hydroxylation is 1. The van der Waals surface area contributed by atoms with Crippen molar-refractivity contribution < 1.29 is 22.3 Å². The maximum absolute atomic E-state index is 13.8. The van der Waals surface area contributed by atoms with Gasteiger partial charge in [0.1, 0.15) is 33.6 Å². The number of thiazole rings is 1. The van der Waals surface area contributed by atoms with Gasteiger partial charge in [0.15, 0.2) is 0 Å². The molecule has 0 saturated heterocycles. The van der Waals surface area contributed by atoms with Crippen molar-refractivity contribution in [3.8, 4) is 22.2 Å². The van der Waals surface area contributed by atoms with E-state index in [1.54, 1.807) is 25.4 Å². The molecule has 0 amide bonds. The molecule has 0 atom stereocenters. The van der Waals surface area contributed by atoms with Gasteiger partial charge < -0.3 is 9.47 Å². The summed E-state index contributed by atoms with van der Waals surface area (Å²) in [6, 6.07) is 12.5. The van der Waals surface area contributed by atoms with Crippen molar-refractivity contribution in [2.75, 3.05) is 20.3 Å². The van der Waals surface area contributed by atoms with E-state index in [1.807, 2.05) is 19.1 Å². The molecule has 8 nitrogen and oxygen atoms in total. The third kappa shape index (κ3) is 5.21. The van der Waals surface area contributed by atoms with E-state index in [0.717, 1.165) is 26.9 Å². The van der Waals surface area contributed by atoms with Crippen LogP contribution in [0.3, 0.4) is 0 Å². The molecular formula is C25H20ClFN4O4S2. The molecule has 3 aromatic carbocycles. The van der Waals surface area contributed by atoms with Gasteiger partial charge in [-0.2, -0.15) is 0 Å². The fraction of sp³-hybridized carbons (Fsp3) is 0.160. The van der Waals surface area contributed by atoms with E-state index >= 15 is 0 Å². The number of benzene rings is 3. The van der Waals surface area contributed by atoms with Gasteiger partial charge in [0.25, 0.3) is 0 Å². The van der Waals surface area contributed by atoms with Gasteiger partial charge in [-0.15, -0.1) is 11.3 Å². The molecule has 0 radical (unpaired) electrons. The first kappa shape index (κ1) is 25.3. The van der Waals surface area contributed by atoms with Crippen molar-refractivity contribution in [1.82, 2.24) is 19.7 Å². The van der Waals surface area contributed by atoms with Crippen molar-refractivity contribution in [1.29, 1.82) is 0 Å². The summed E-state index contributed by atoms with van der Waals surface area (Å²) in [5.41, 5.74) is 3.83. The first-order valence-corrected chi connectivity index (χ1v) is 13.7. The summed E-state index contributed by atoms with van der Waals surface area (Å²) in [5.74, 6) is 0.0615. The summed E-state index contributed by atoms with van der Waals surface area (Å²) in [4.78, 5) is 13.3. The van der Waals surface area contributed by atoms with Crippen molar-refractivity contribution in [3.05, 3.63) is 71.1 Å². The summed E-state index contributed by atoms with van der Waals surface area (Å²) >= 11 is 7.93. The SMILES string of the molecule is COc1cnc2c(-c3nc4c(Cl)cc(OCCNS(=O)(=O)c5ccccc5F)cc4s3)cc(C)cc2n1. The highest BCUT2D eigenvalue weighted by Crippen LogP contribution is 2.39. The van der Waals surface area contributed by atoms with Crippen LogP contribution in [-0.4, -0.2) is 43.6 Å². The number of hydrogen-bond donors (Lipinski definition) is 1. The third-order valence-electron chi connectivity index (χ3n) is 5.42. The second-order valence-electron chi connectivity index (χ2n) is 8.04. The molecule has 0 aliphatic heterocycles. The predicted molar refractivity (Wildman–Crippen MR) is 142 cm³/mol. The molecule has 0 fully saturated rings. The standard InChI is InChI=1S/C25H20ClFN4O4S2/c1-14-9-16(23-19(10-14)30-22(34-2)13-28-23)25-31-24-17(26)11-15(12-20(24)36-25)35-8-7-29-37(32,33)21-6-4-3-5-18(21)27/h3-6,9-13,29H,7-8H2,1-2H3. The van der Waals surface area contributed by atoms with Gasteiger partial charge in [-0.3, -0.25) is 0 Å². The van der Waals surface area contributed by atoms with Crippen LogP contribution in [0.4, 0.5) is 4.39 Å². The largest absolute Gasteiger partial charge is 0.492 e. The van der Waals surface area contributed by atoms with E-state index in [2.05, 4.69) is 14.7 Å². The molecule has 0 aliphatic carbocycles. The number of nitrogens with one attached hydrogen (secondary N) is 1. The minimum Gasteiger partial charge on any atom is -0.492 e. The van der Waals surface area contributed by atoms with Gasteiger partial charge in [0.2, 0.25) is 15.9 Å². The number of methoxy groups -OCH3 is 1. The van der Waals surface area contributed by atoms with E-state index in [-0.39, 0.29) is 13.2 Å². The third-order valence-corrected chi connectivity index (χ3v) is 8.24. The Morgan fingerprint density at radius 1 is 1.11 bits per heavy atom. The highest BCUT2D eigenvalue weighted by molar-refractivity contribution is 7.89. The molecule has 2 heterocycles. The first-order chi connectivity index (χ1) is 17.7. The van der Waals surface area contributed by atoms with E-state index in [4.69, 9.17) is 26.1 Å². The molecule has 2 aromatic heterocycles. The zero-order chi connectivity index (χ0) is 26.2. The number of halogens is 2. The van der Waals surface area contributed by atoms with Crippen molar-refractivity contribution >= 4 is 54.2 Å².